The second-order valence-corrected chi connectivity index (χ2v) is 4.53. The van der Waals surface area contributed by atoms with Crippen LogP contribution in [-0.4, -0.2) is 0 Å². The molecule has 0 N–H and O–H groups in total. The van der Waals surface area contributed by atoms with Crippen LogP contribution < -0.4 is 0 Å². The highest BCUT2D eigenvalue weighted by Crippen LogP contribution is 2.12. The van der Waals surface area contributed by atoms with Crippen LogP contribution in [0.5, 0.6) is 0 Å². The Kier molecular flexibility index (Phi) is 4.35. The lowest BCUT2D eigenvalue weighted by atomic mass is 10.1. The largest absolute Gasteiger partial charge is 0.0614 e. The Balaban J connectivity index is 2.18. The molecule has 0 aliphatic carbocycles. The van der Waals surface area contributed by atoms with Gasteiger partial charge in [-0.1, -0.05) is 74.5 Å². The van der Waals surface area contributed by atoms with Crippen molar-refractivity contribution in [3.8, 4) is 0 Å². The summed E-state index contributed by atoms with van der Waals surface area (Å²) >= 11 is 0. The van der Waals surface area contributed by atoms with E-state index in [4.69, 9.17) is 0 Å². The van der Waals surface area contributed by atoms with Gasteiger partial charge < -0.3 is 0 Å². The lowest BCUT2D eigenvalue weighted by Crippen LogP contribution is -1.82. The van der Waals surface area contributed by atoms with Crippen molar-refractivity contribution in [1.82, 2.24) is 0 Å². The molecule has 0 nitrogen and oxygen atoms in total. The van der Waals surface area contributed by atoms with E-state index in [0.717, 1.165) is 12.8 Å². The molecule has 0 amide bonds. The highest BCUT2D eigenvalue weighted by molar-refractivity contribution is 5.70. The molecule has 0 aliphatic heterocycles. The zero-order chi connectivity index (χ0) is 12.8. The third-order valence-corrected chi connectivity index (χ3v) is 3.19. The van der Waals surface area contributed by atoms with E-state index in [1.165, 1.54) is 22.3 Å². The SMILES string of the molecule is CCc1cccc(C=Cc2cccc(CC)c2)c1. The maximum absolute atomic E-state index is 2.25. The molecule has 0 atom stereocenters. The van der Waals surface area contributed by atoms with E-state index in [1.807, 2.05) is 0 Å². The second-order valence-electron chi connectivity index (χ2n) is 4.53. The highest BCUT2D eigenvalue weighted by Gasteiger charge is 1.92. The Hall–Kier alpha value is -1.82. The molecule has 0 saturated heterocycles. The summed E-state index contributed by atoms with van der Waals surface area (Å²) < 4.78 is 0. The first kappa shape index (κ1) is 12.6. The molecule has 0 heterocycles. The normalized spacial score (nSPS) is 11.0. The fourth-order valence-corrected chi connectivity index (χ4v) is 2.03. The van der Waals surface area contributed by atoms with Gasteiger partial charge in [0.05, 0.1) is 0 Å². The highest BCUT2D eigenvalue weighted by atomic mass is 14.0. The predicted molar refractivity (Wildman–Crippen MR) is 80.6 cm³/mol. The molecular weight excluding hydrogens is 216 g/mol. The van der Waals surface area contributed by atoms with E-state index in [9.17, 15) is 0 Å². The summed E-state index contributed by atoms with van der Waals surface area (Å²) in [6.07, 6.45) is 6.56. The molecule has 0 aliphatic rings. The summed E-state index contributed by atoms with van der Waals surface area (Å²) in [6, 6.07) is 17.4. The summed E-state index contributed by atoms with van der Waals surface area (Å²) in [7, 11) is 0. The molecule has 18 heavy (non-hydrogen) atoms. The van der Waals surface area contributed by atoms with Gasteiger partial charge in [-0.15, -0.1) is 0 Å². The number of hydrogen-bond donors (Lipinski definition) is 0. The van der Waals surface area contributed by atoms with Gasteiger partial charge in [0.1, 0.15) is 0 Å². The van der Waals surface area contributed by atoms with Crippen molar-refractivity contribution in [3.05, 3.63) is 70.8 Å². The van der Waals surface area contributed by atoms with Crippen LogP contribution in [0.4, 0.5) is 0 Å². The van der Waals surface area contributed by atoms with E-state index >= 15 is 0 Å². The average molecular weight is 236 g/mol. The van der Waals surface area contributed by atoms with Crippen molar-refractivity contribution in [1.29, 1.82) is 0 Å². The topological polar surface area (TPSA) is 0 Å². The lowest BCUT2D eigenvalue weighted by molar-refractivity contribution is 1.14. The molecule has 2 aromatic carbocycles. The number of rotatable bonds is 4. The Morgan fingerprint density at radius 1 is 0.722 bits per heavy atom. The summed E-state index contributed by atoms with van der Waals surface area (Å²) in [5.41, 5.74) is 5.33. The monoisotopic (exact) mass is 236 g/mol. The van der Waals surface area contributed by atoms with Gasteiger partial charge in [-0.05, 0) is 35.1 Å². The van der Waals surface area contributed by atoms with Crippen molar-refractivity contribution >= 4 is 12.2 Å². The third kappa shape index (κ3) is 3.33. The zero-order valence-electron chi connectivity index (χ0n) is 11.2. The van der Waals surface area contributed by atoms with E-state index in [0.29, 0.717) is 0 Å². The standard InChI is InChI=1S/C18H20/c1-3-15-7-5-9-17(13-15)11-12-18-10-6-8-16(4-2)14-18/h5-14H,3-4H2,1-2H3. The van der Waals surface area contributed by atoms with Gasteiger partial charge in [-0.3, -0.25) is 0 Å². The van der Waals surface area contributed by atoms with Gasteiger partial charge in [-0.25, -0.2) is 0 Å². The van der Waals surface area contributed by atoms with E-state index in [-0.39, 0.29) is 0 Å². The molecule has 0 fully saturated rings. The quantitative estimate of drug-likeness (QED) is 0.657. The van der Waals surface area contributed by atoms with Gasteiger partial charge in [0.15, 0.2) is 0 Å². The summed E-state index contributed by atoms with van der Waals surface area (Å²) in [5.74, 6) is 0. The first-order valence-corrected chi connectivity index (χ1v) is 6.67. The molecule has 2 rings (SSSR count). The predicted octanol–water partition coefficient (Wildman–Crippen LogP) is 4.98. The molecule has 0 spiro atoms. The molecule has 2 aromatic rings. The first-order chi connectivity index (χ1) is 8.81. The van der Waals surface area contributed by atoms with Gasteiger partial charge in [0.25, 0.3) is 0 Å². The van der Waals surface area contributed by atoms with Crippen LogP contribution in [0.1, 0.15) is 36.1 Å². The fourth-order valence-electron chi connectivity index (χ4n) is 2.03. The van der Waals surface area contributed by atoms with Crippen molar-refractivity contribution in [2.75, 3.05) is 0 Å². The van der Waals surface area contributed by atoms with Gasteiger partial charge in [-0.2, -0.15) is 0 Å². The summed E-state index contributed by atoms with van der Waals surface area (Å²) in [4.78, 5) is 0. The van der Waals surface area contributed by atoms with E-state index in [2.05, 4.69) is 74.5 Å². The van der Waals surface area contributed by atoms with E-state index in [1.54, 1.807) is 0 Å². The van der Waals surface area contributed by atoms with E-state index < -0.39 is 0 Å². The van der Waals surface area contributed by atoms with Crippen molar-refractivity contribution < 1.29 is 0 Å². The first-order valence-electron chi connectivity index (χ1n) is 6.67. The van der Waals surface area contributed by atoms with Crippen molar-refractivity contribution in [2.45, 2.75) is 26.7 Å². The molecule has 0 aromatic heterocycles. The molecular formula is C18H20. The Morgan fingerprint density at radius 2 is 1.17 bits per heavy atom. The Morgan fingerprint density at radius 3 is 1.56 bits per heavy atom. The lowest BCUT2D eigenvalue weighted by Gasteiger charge is -2.00. The van der Waals surface area contributed by atoms with Crippen molar-refractivity contribution in [2.24, 2.45) is 0 Å². The molecule has 0 bridgehead atoms. The van der Waals surface area contributed by atoms with Crippen LogP contribution >= 0.6 is 0 Å². The maximum atomic E-state index is 2.25. The van der Waals surface area contributed by atoms with Crippen LogP contribution in [0, 0.1) is 0 Å². The minimum atomic E-state index is 1.09. The Bertz CT molecular complexity index is 486. The zero-order valence-corrected chi connectivity index (χ0v) is 11.2. The van der Waals surface area contributed by atoms with Crippen LogP contribution in [0.25, 0.3) is 12.2 Å². The molecule has 0 radical (unpaired) electrons. The van der Waals surface area contributed by atoms with Crippen LogP contribution in [0.15, 0.2) is 48.5 Å². The number of aryl methyl sites for hydroxylation is 2. The van der Waals surface area contributed by atoms with Crippen LogP contribution in [-0.2, 0) is 12.8 Å². The molecule has 0 heteroatoms. The maximum Gasteiger partial charge on any atom is -0.0254 e. The fraction of sp³-hybridized carbons (Fsp3) is 0.222. The minimum Gasteiger partial charge on any atom is -0.0614 e. The number of hydrogen-bond acceptors (Lipinski definition) is 0. The average Bonchev–Trinajstić information content (AvgIpc) is 2.45. The summed E-state index contributed by atoms with van der Waals surface area (Å²) in [6.45, 7) is 4.38. The Labute approximate surface area is 110 Å². The minimum absolute atomic E-state index is 1.09. The summed E-state index contributed by atoms with van der Waals surface area (Å²) in [5, 5.41) is 0. The van der Waals surface area contributed by atoms with Crippen LogP contribution in [0.2, 0.25) is 0 Å². The van der Waals surface area contributed by atoms with Gasteiger partial charge in [0, 0.05) is 0 Å². The smallest absolute Gasteiger partial charge is 0.0254 e. The van der Waals surface area contributed by atoms with Crippen molar-refractivity contribution in [3.63, 3.8) is 0 Å². The molecule has 92 valence electrons. The van der Waals surface area contributed by atoms with Gasteiger partial charge >= 0.3 is 0 Å². The van der Waals surface area contributed by atoms with Crippen LogP contribution in [0.3, 0.4) is 0 Å². The second kappa shape index (κ2) is 6.20. The van der Waals surface area contributed by atoms with Gasteiger partial charge in [0.2, 0.25) is 0 Å². The molecule has 0 saturated carbocycles. The molecule has 0 unspecified atom stereocenters. The number of benzene rings is 2. The third-order valence-electron chi connectivity index (χ3n) is 3.19.